The summed E-state index contributed by atoms with van der Waals surface area (Å²) in [5, 5.41) is 0. The number of hydrogen-bond donors (Lipinski definition) is 0. The number of unbranched alkanes of at least 4 members (excludes halogenated alkanes) is 7. The van der Waals surface area contributed by atoms with Gasteiger partial charge in [0, 0.05) is 13.7 Å². The number of quaternary nitrogens is 1. The lowest BCUT2D eigenvalue weighted by molar-refractivity contribution is -0.906. The van der Waals surface area contributed by atoms with Crippen molar-refractivity contribution in [2.75, 3.05) is 46.9 Å². The Labute approximate surface area is 206 Å². The van der Waals surface area contributed by atoms with Crippen LogP contribution in [0.4, 0.5) is 26.3 Å². The van der Waals surface area contributed by atoms with E-state index in [2.05, 4.69) is 20.9 Å². The highest BCUT2D eigenvalue weighted by atomic mass is 32.3. The third-order valence-electron chi connectivity index (χ3n) is 5.68. The van der Waals surface area contributed by atoms with Gasteiger partial charge in [-0.1, -0.05) is 55.6 Å². The number of alkyl halides is 6. The summed E-state index contributed by atoms with van der Waals surface area (Å²) in [5.41, 5.74) is -12.3. The molecule has 0 aromatic rings. The van der Waals surface area contributed by atoms with Crippen LogP contribution in [0.15, 0.2) is 0 Å². The van der Waals surface area contributed by atoms with E-state index in [1.165, 1.54) is 13.1 Å². The molecule has 0 aromatic heterocycles. The molecule has 0 bridgehead atoms. The van der Waals surface area contributed by atoms with Crippen molar-refractivity contribution >= 4 is 20.0 Å². The van der Waals surface area contributed by atoms with Gasteiger partial charge in [0.05, 0.1) is 26.7 Å². The van der Waals surface area contributed by atoms with Crippen molar-refractivity contribution in [3.05, 3.63) is 0 Å². The third kappa shape index (κ3) is 12.9. The van der Waals surface area contributed by atoms with Gasteiger partial charge in [0.15, 0.2) is 0 Å². The lowest BCUT2D eigenvalue weighted by Crippen LogP contribution is -2.49. The van der Waals surface area contributed by atoms with E-state index < -0.39 is 47.7 Å². The molecule has 0 atom stereocenters. The predicted octanol–water partition coefficient (Wildman–Crippen LogP) is 5.25. The summed E-state index contributed by atoms with van der Waals surface area (Å²) in [7, 11) is -9.29. The van der Waals surface area contributed by atoms with Gasteiger partial charge < -0.3 is 9.22 Å². The van der Waals surface area contributed by atoms with E-state index in [0.717, 1.165) is 43.3 Å². The van der Waals surface area contributed by atoms with Gasteiger partial charge in [-0.2, -0.15) is 26.3 Å². The molecule has 0 aromatic carbocycles. The molecule has 0 aliphatic heterocycles. The van der Waals surface area contributed by atoms with Crippen molar-refractivity contribution in [2.45, 2.75) is 83.2 Å². The van der Waals surface area contributed by atoms with Crippen molar-refractivity contribution in [2.24, 2.45) is 0 Å². The van der Waals surface area contributed by atoms with Gasteiger partial charge in [-0.25, -0.2) is 16.8 Å². The van der Waals surface area contributed by atoms with Crippen LogP contribution >= 0.6 is 0 Å². The fourth-order valence-corrected chi connectivity index (χ4v) is 5.57. The molecule has 0 heterocycles. The standard InChI is InChI=1S/C12H21F6NO4S2.C8H20NO/c1-2-3-4-5-6-7-8-9-10-19(24(20,21)11(13,14)15)25(22,23)12(16,17)18;1-5-9(3,6-2)7-8-10-4/h2-10H2,1H3;5-8H2,1-4H3/q;+1. The number of ether oxygens (including phenoxy) is 1. The summed E-state index contributed by atoms with van der Waals surface area (Å²) in [6.45, 7) is 9.43. The third-order valence-corrected chi connectivity index (χ3v) is 9.46. The number of rotatable bonds is 16. The van der Waals surface area contributed by atoms with E-state index in [1.807, 2.05) is 6.92 Å². The zero-order chi connectivity index (χ0) is 28.0. The van der Waals surface area contributed by atoms with E-state index in [4.69, 9.17) is 4.74 Å². The van der Waals surface area contributed by atoms with E-state index in [9.17, 15) is 43.2 Å². The average Bonchev–Trinajstić information content (AvgIpc) is 2.75. The topological polar surface area (TPSA) is 80.8 Å². The maximum atomic E-state index is 12.5. The van der Waals surface area contributed by atoms with Crippen LogP contribution in [0.2, 0.25) is 0 Å². The van der Waals surface area contributed by atoms with Gasteiger partial charge >= 0.3 is 31.1 Å². The second kappa shape index (κ2) is 16.3. The summed E-state index contributed by atoms with van der Waals surface area (Å²) in [5.74, 6) is 0. The van der Waals surface area contributed by atoms with Crippen LogP contribution in [-0.4, -0.2) is 83.0 Å². The first kappa shape index (κ1) is 36.5. The molecule has 35 heavy (non-hydrogen) atoms. The quantitative estimate of drug-likeness (QED) is 0.145. The Bertz CT molecular complexity index is 724. The summed E-state index contributed by atoms with van der Waals surface area (Å²) < 4.78 is 124. The smallest absolute Gasteiger partial charge is 0.379 e. The molecule has 0 saturated carbocycles. The van der Waals surface area contributed by atoms with Gasteiger partial charge in [-0.15, -0.1) is 0 Å². The number of nitrogens with zero attached hydrogens (tertiary/aromatic N) is 2. The van der Waals surface area contributed by atoms with E-state index in [1.54, 1.807) is 7.11 Å². The lowest BCUT2D eigenvalue weighted by atomic mass is 10.1. The summed E-state index contributed by atoms with van der Waals surface area (Å²) >= 11 is 0. The predicted molar refractivity (Wildman–Crippen MR) is 123 cm³/mol. The van der Waals surface area contributed by atoms with Gasteiger partial charge in [-0.3, -0.25) is 0 Å². The van der Waals surface area contributed by atoms with Gasteiger partial charge in [0.25, 0.3) is 0 Å². The second-order valence-electron chi connectivity index (χ2n) is 8.34. The summed E-state index contributed by atoms with van der Waals surface area (Å²) in [6.07, 6.45) is 4.59. The van der Waals surface area contributed by atoms with Gasteiger partial charge in [0.2, 0.25) is 0 Å². The molecule has 0 fully saturated rings. The highest BCUT2D eigenvalue weighted by Crippen LogP contribution is 2.35. The van der Waals surface area contributed by atoms with E-state index in [-0.39, 0.29) is 6.42 Å². The van der Waals surface area contributed by atoms with Crippen molar-refractivity contribution in [3.63, 3.8) is 0 Å². The number of methoxy groups -OCH3 is 1. The zero-order valence-corrected chi connectivity index (χ0v) is 22.8. The maximum absolute atomic E-state index is 12.5. The summed E-state index contributed by atoms with van der Waals surface area (Å²) in [6, 6.07) is 0. The molecule has 214 valence electrons. The SMILES string of the molecule is CCCCCCCCCCN(S(=O)(=O)C(F)(F)F)S(=O)(=O)C(F)(F)F.CC[N+](C)(CC)CCOC. The first-order chi connectivity index (χ1) is 15.9. The second-order valence-corrected chi connectivity index (χ2v) is 12.3. The molecule has 0 radical (unpaired) electrons. The monoisotopic (exact) mass is 567 g/mol. The van der Waals surface area contributed by atoms with Crippen LogP contribution in [-0.2, 0) is 24.8 Å². The number of likely N-dealkylation sites (N-methyl/N-ethyl adjacent to an activating group) is 1. The molecule has 0 aliphatic rings. The van der Waals surface area contributed by atoms with Crippen molar-refractivity contribution in [3.8, 4) is 0 Å². The molecule has 0 amide bonds. The molecule has 0 N–H and O–H groups in total. The highest BCUT2D eigenvalue weighted by Gasteiger charge is 2.61. The first-order valence-electron chi connectivity index (χ1n) is 11.6. The fourth-order valence-electron chi connectivity index (χ4n) is 2.83. The van der Waals surface area contributed by atoms with Crippen LogP contribution in [0, 0.1) is 0 Å². The van der Waals surface area contributed by atoms with Crippen LogP contribution in [0.3, 0.4) is 0 Å². The molecule has 0 saturated heterocycles. The van der Waals surface area contributed by atoms with Gasteiger partial charge in [0.1, 0.15) is 6.54 Å². The van der Waals surface area contributed by atoms with Crippen LogP contribution in [0.1, 0.15) is 72.1 Å². The van der Waals surface area contributed by atoms with Gasteiger partial charge in [-0.05, 0) is 20.3 Å². The fraction of sp³-hybridized carbons (Fsp3) is 1.00. The van der Waals surface area contributed by atoms with E-state index >= 15 is 0 Å². The Kier molecular flexibility index (Phi) is 17.0. The molecular weight excluding hydrogens is 526 g/mol. The minimum Gasteiger partial charge on any atom is -0.379 e. The number of hydrogen-bond acceptors (Lipinski definition) is 5. The van der Waals surface area contributed by atoms with Crippen molar-refractivity contribution in [1.82, 2.24) is 3.71 Å². The molecule has 15 heteroatoms. The normalized spacial score (nSPS) is 13.6. The molecular formula is C20H41F6N2O5S2+. The molecule has 0 rings (SSSR count). The Morgan fingerprint density at radius 1 is 0.714 bits per heavy atom. The van der Waals surface area contributed by atoms with Crippen LogP contribution < -0.4 is 0 Å². The first-order valence-corrected chi connectivity index (χ1v) is 14.5. The molecule has 0 unspecified atom stereocenters. The number of sulfonamides is 2. The van der Waals surface area contributed by atoms with E-state index in [0.29, 0.717) is 12.8 Å². The van der Waals surface area contributed by atoms with Crippen LogP contribution in [0.5, 0.6) is 0 Å². The maximum Gasteiger partial charge on any atom is 0.512 e. The Hall–Kier alpha value is -0.640. The minimum atomic E-state index is -6.66. The van der Waals surface area contributed by atoms with Crippen molar-refractivity contribution < 1.29 is 52.4 Å². The minimum absolute atomic E-state index is 0.114. The lowest BCUT2D eigenvalue weighted by Gasteiger charge is -2.31. The zero-order valence-electron chi connectivity index (χ0n) is 21.2. The Morgan fingerprint density at radius 2 is 1.09 bits per heavy atom. The van der Waals surface area contributed by atoms with Crippen LogP contribution in [0.25, 0.3) is 0 Å². The number of halogens is 6. The molecule has 0 spiro atoms. The Balaban J connectivity index is 0. The molecule has 7 nitrogen and oxygen atoms in total. The van der Waals surface area contributed by atoms with Crippen molar-refractivity contribution in [1.29, 1.82) is 0 Å². The molecule has 0 aliphatic carbocycles. The summed E-state index contributed by atoms with van der Waals surface area (Å²) in [4.78, 5) is 0. The average molecular weight is 568 g/mol. The largest absolute Gasteiger partial charge is 0.512 e. The highest BCUT2D eigenvalue weighted by molar-refractivity contribution is 8.04. The Morgan fingerprint density at radius 3 is 1.40 bits per heavy atom.